The maximum atomic E-state index is 12.8. The lowest BCUT2D eigenvalue weighted by molar-refractivity contribution is -0.384. The topological polar surface area (TPSA) is 98.5 Å². The van der Waals surface area contributed by atoms with Gasteiger partial charge in [-0.1, -0.05) is 35.3 Å². The van der Waals surface area contributed by atoms with Crippen LogP contribution in [0.1, 0.15) is 32.5 Å². The zero-order valence-corrected chi connectivity index (χ0v) is 18.7. The van der Waals surface area contributed by atoms with E-state index in [1.54, 1.807) is 31.2 Å². The smallest absolute Gasteiger partial charge is 0.341 e. The lowest BCUT2D eigenvalue weighted by Crippen LogP contribution is -2.15. The second kappa shape index (κ2) is 9.47. The molecule has 1 amide bonds. The number of anilines is 1. The molecule has 0 unspecified atom stereocenters. The predicted molar refractivity (Wildman–Crippen MR) is 122 cm³/mol. The van der Waals surface area contributed by atoms with Gasteiger partial charge in [0.25, 0.3) is 11.6 Å². The highest BCUT2D eigenvalue weighted by Gasteiger charge is 2.26. The summed E-state index contributed by atoms with van der Waals surface area (Å²) < 4.78 is 5.21. The van der Waals surface area contributed by atoms with E-state index < -0.39 is 16.8 Å². The van der Waals surface area contributed by atoms with Crippen LogP contribution in [0.5, 0.6) is 0 Å². The van der Waals surface area contributed by atoms with Crippen molar-refractivity contribution in [3.05, 3.63) is 78.6 Å². The Balaban J connectivity index is 2.05. The Morgan fingerprint density at radius 1 is 1.16 bits per heavy atom. The Morgan fingerprint density at radius 2 is 1.84 bits per heavy atom. The molecule has 0 saturated heterocycles. The van der Waals surface area contributed by atoms with Crippen LogP contribution < -0.4 is 5.32 Å². The van der Waals surface area contributed by atoms with Crippen LogP contribution in [0.25, 0.3) is 11.1 Å². The molecule has 3 rings (SSSR count). The summed E-state index contributed by atoms with van der Waals surface area (Å²) in [6.45, 7) is 3.66. The highest BCUT2D eigenvalue weighted by Crippen LogP contribution is 2.41. The van der Waals surface area contributed by atoms with Gasteiger partial charge in [0.2, 0.25) is 0 Å². The molecule has 7 nitrogen and oxygen atoms in total. The van der Waals surface area contributed by atoms with Crippen LogP contribution >= 0.6 is 34.5 Å². The van der Waals surface area contributed by atoms with E-state index in [1.807, 2.05) is 6.92 Å². The molecule has 0 fully saturated rings. The van der Waals surface area contributed by atoms with Gasteiger partial charge in [-0.25, -0.2) is 4.79 Å². The fourth-order valence-corrected chi connectivity index (χ4v) is 4.34. The minimum Gasteiger partial charge on any atom is -0.462 e. The van der Waals surface area contributed by atoms with Crippen LogP contribution in [0.3, 0.4) is 0 Å². The third kappa shape index (κ3) is 4.87. The number of nitro groups is 1. The van der Waals surface area contributed by atoms with Gasteiger partial charge in [0, 0.05) is 27.1 Å². The third-order valence-corrected chi connectivity index (χ3v) is 5.92. The molecule has 2 aromatic carbocycles. The number of thiophene rings is 1. The van der Waals surface area contributed by atoms with Crippen molar-refractivity contribution in [3.63, 3.8) is 0 Å². The van der Waals surface area contributed by atoms with Crippen molar-refractivity contribution in [2.24, 2.45) is 0 Å². The largest absolute Gasteiger partial charge is 0.462 e. The van der Waals surface area contributed by atoms with Crippen molar-refractivity contribution in [2.45, 2.75) is 13.8 Å². The number of amides is 1. The molecule has 10 heteroatoms. The van der Waals surface area contributed by atoms with E-state index in [0.717, 1.165) is 16.5 Å². The van der Waals surface area contributed by atoms with Crippen LogP contribution in [-0.2, 0) is 4.74 Å². The van der Waals surface area contributed by atoms with E-state index in [2.05, 4.69) is 5.32 Å². The van der Waals surface area contributed by atoms with Crippen molar-refractivity contribution in [1.29, 1.82) is 0 Å². The summed E-state index contributed by atoms with van der Waals surface area (Å²) in [7, 11) is 0. The first kappa shape index (κ1) is 22.7. The third-order valence-electron chi connectivity index (χ3n) is 4.33. The van der Waals surface area contributed by atoms with Crippen LogP contribution in [0.4, 0.5) is 10.7 Å². The molecule has 0 atom stereocenters. The van der Waals surface area contributed by atoms with Gasteiger partial charge in [-0.05, 0) is 43.7 Å². The molecule has 1 N–H and O–H groups in total. The molecule has 0 saturated carbocycles. The Kier molecular flexibility index (Phi) is 6.94. The van der Waals surface area contributed by atoms with E-state index in [-0.39, 0.29) is 33.4 Å². The zero-order valence-electron chi connectivity index (χ0n) is 16.4. The summed E-state index contributed by atoms with van der Waals surface area (Å²) in [5.41, 5.74) is 1.22. The SMILES string of the molecule is CCOC(=O)c1c(NC(=O)c2ccc(Cl)c([N+](=O)[O-])c2)sc(C)c1-c1ccc(Cl)cc1. The maximum Gasteiger partial charge on any atom is 0.341 e. The standard InChI is InChI=1S/C21H16Cl2N2O5S/c1-3-30-21(27)18-17(12-4-7-14(22)8-5-12)11(2)31-20(18)24-19(26)13-6-9-15(23)16(10-13)25(28)29/h4-10H,3H2,1-2H3,(H,24,26). The first-order valence-corrected chi connectivity index (χ1v) is 10.6. The second-order valence-corrected chi connectivity index (χ2v) is 8.41. The fraction of sp³-hybridized carbons (Fsp3) is 0.143. The molecular formula is C21H16Cl2N2O5S. The van der Waals surface area contributed by atoms with Crippen molar-refractivity contribution in [2.75, 3.05) is 11.9 Å². The average Bonchev–Trinajstić information content (AvgIpc) is 3.04. The number of nitrogens with zero attached hydrogens (tertiary/aromatic N) is 1. The molecule has 0 aliphatic heterocycles. The predicted octanol–water partition coefficient (Wildman–Crippen LogP) is 6.37. The first-order valence-electron chi connectivity index (χ1n) is 9.04. The molecule has 160 valence electrons. The number of carbonyl (C=O) groups excluding carboxylic acids is 2. The minimum atomic E-state index is -0.670. The molecule has 31 heavy (non-hydrogen) atoms. The van der Waals surface area contributed by atoms with Gasteiger partial charge >= 0.3 is 5.97 Å². The Hall–Kier alpha value is -2.94. The first-order chi connectivity index (χ1) is 14.7. The molecule has 0 aliphatic carbocycles. The number of rotatable bonds is 6. The van der Waals surface area contributed by atoms with Gasteiger partial charge in [0.05, 0.1) is 11.5 Å². The van der Waals surface area contributed by atoms with Crippen molar-refractivity contribution in [3.8, 4) is 11.1 Å². The van der Waals surface area contributed by atoms with Gasteiger partial charge in [-0.15, -0.1) is 11.3 Å². The molecule has 0 aliphatic rings. The highest BCUT2D eigenvalue weighted by molar-refractivity contribution is 7.17. The molecule has 0 spiro atoms. The highest BCUT2D eigenvalue weighted by atomic mass is 35.5. The van der Waals surface area contributed by atoms with Crippen molar-refractivity contribution < 1.29 is 19.2 Å². The van der Waals surface area contributed by atoms with E-state index in [4.69, 9.17) is 27.9 Å². The summed E-state index contributed by atoms with van der Waals surface area (Å²) in [5, 5.41) is 14.6. The van der Waals surface area contributed by atoms with Gasteiger partial charge in [-0.3, -0.25) is 14.9 Å². The monoisotopic (exact) mass is 478 g/mol. The van der Waals surface area contributed by atoms with Crippen LogP contribution in [-0.4, -0.2) is 23.4 Å². The molecule has 1 aromatic heterocycles. The number of nitro benzene ring substituents is 1. The van der Waals surface area contributed by atoms with E-state index >= 15 is 0 Å². The number of benzene rings is 2. The average molecular weight is 479 g/mol. The summed E-state index contributed by atoms with van der Waals surface area (Å²) in [5.74, 6) is -1.21. The fourth-order valence-electron chi connectivity index (χ4n) is 2.96. The Morgan fingerprint density at radius 3 is 2.45 bits per heavy atom. The second-order valence-electron chi connectivity index (χ2n) is 6.34. The summed E-state index contributed by atoms with van der Waals surface area (Å²) in [6, 6.07) is 10.7. The van der Waals surface area contributed by atoms with E-state index in [9.17, 15) is 19.7 Å². The number of halogens is 2. The van der Waals surface area contributed by atoms with Crippen molar-refractivity contribution >= 4 is 57.1 Å². The summed E-state index contributed by atoms with van der Waals surface area (Å²) in [6.07, 6.45) is 0. The quantitative estimate of drug-likeness (QED) is 0.252. The number of hydrogen-bond acceptors (Lipinski definition) is 6. The van der Waals surface area contributed by atoms with Gasteiger partial charge in [-0.2, -0.15) is 0 Å². The minimum absolute atomic E-state index is 0.0324. The van der Waals surface area contributed by atoms with Gasteiger partial charge in [0.1, 0.15) is 15.6 Å². The van der Waals surface area contributed by atoms with Crippen LogP contribution in [0, 0.1) is 17.0 Å². The lowest BCUT2D eigenvalue weighted by Gasteiger charge is -2.09. The number of aryl methyl sites for hydroxylation is 1. The molecular weight excluding hydrogens is 463 g/mol. The molecule has 3 aromatic rings. The van der Waals surface area contributed by atoms with Gasteiger partial charge in [0.15, 0.2) is 0 Å². The molecule has 0 radical (unpaired) electrons. The number of esters is 1. The Bertz CT molecular complexity index is 1180. The zero-order chi connectivity index (χ0) is 22.7. The van der Waals surface area contributed by atoms with Crippen LogP contribution in [0.15, 0.2) is 42.5 Å². The van der Waals surface area contributed by atoms with E-state index in [0.29, 0.717) is 10.6 Å². The number of ether oxygens (including phenoxy) is 1. The molecule has 0 bridgehead atoms. The van der Waals surface area contributed by atoms with E-state index in [1.165, 1.54) is 23.5 Å². The number of carbonyl (C=O) groups is 2. The summed E-state index contributed by atoms with van der Waals surface area (Å²) in [4.78, 5) is 36.8. The summed E-state index contributed by atoms with van der Waals surface area (Å²) >= 11 is 13.0. The number of nitrogens with one attached hydrogen (secondary N) is 1. The lowest BCUT2D eigenvalue weighted by atomic mass is 10.0. The van der Waals surface area contributed by atoms with Gasteiger partial charge < -0.3 is 10.1 Å². The van der Waals surface area contributed by atoms with Crippen molar-refractivity contribution in [1.82, 2.24) is 0 Å². The normalized spacial score (nSPS) is 10.6. The molecule has 1 heterocycles. The Labute approximate surface area is 191 Å². The van der Waals surface area contributed by atoms with Crippen LogP contribution in [0.2, 0.25) is 10.0 Å². The maximum absolute atomic E-state index is 12.8. The number of hydrogen-bond donors (Lipinski definition) is 1.